The van der Waals surface area contributed by atoms with Gasteiger partial charge in [0.15, 0.2) is 0 Å². The molecule has 22 heavy (non-hydrogen) atoms. The number of hydrogen-bond donors (Lipinski definition) is 3. The van der Waals surface area contributed by atoms with Gasteiger partial charge in [0.25, 0.3) is 0 Å². The van der Waals surface area contributed by atoms with Crippen molar-refractivity contribution < 1.29 is 19.5 Å². The Kier molecular flexibility index (Phi) is 5.46. The van der Waals surface area contributed by atoms with Crippen LogP contribution in [-0.2, 0) is 14.4 Å². The van der Waals surface area contributed by atoms with Gasteiger partial charge in [0, 0.05) is 25.6 Å². The molecule has 2 amide bonds. The monoisotopic (exact) mass is 305 g/mol. The highest BCUT2D eigenvalue weighted by Crippen LogP contribution is 2.24. The number of unbranched alkanes of at least 4 members (excludes halogenated alkanes) is 1. The standard InChI is InChI=1S/C15H19N3O4/c19-13-7-5-11(15(22)18-13)10-4-6-12(17-9-10)16-8-2-1-3-14(20)21/h4,6,9,11H,1-3,5,7-8H2,(H,16,17)(H,20,21)(H,18,19,22). The first-order chi connectivity index (χ1) is 10.6. The minimum absolute atomic E-state index is 0.170. The van der Waals surface area contributed by atoms with Gasteiger partial charge in [-0.3, -0.25) is 19.7 Å². The number of carbonyl (C=O) groups is 3. The molecule has 2 heterocycles. The van der Waals surface area contributed by atoms with Gasteiger partial charge < -0.3 is 10.4 Å². The van der Waals surface area contributed by atoms with Crippen molar-refractivity contribution in [3.63, 3.8) is 0 Å². The van der Waals surface area contributed by atoms with Gasteiger partial charge >= 0.3 is 5.97 Å². The molecule has 1 aliphatic heterocycles. The maximum Gasteiger partial charge on any atom is 0.303 e. The predicted molar refractivity (Wildman–Crippen MR) is 79.3 cm³/mol. The topological polar surface area (TPSA) is 108 Å². The third-order valence-corrected chi connectivity index (χ3v) is 3.55. The number of nitrogens with zero attached hydrogens (tertiary/aromatic N) is 1. The molecule has 1 atom stereocenters. The molecule has 1 aliphatic rings. The van der Waals surface area contributed by atoms with E-state index in [9.17, 15) is 14.4 Å². The molecule has 3 N–H and O–H groups in total. The number of anilines is 1. The van der Waals surface area contributed by atoms with Crippen molar-refractivity contribution in [2.24, 2.45) is 0 Å². The number of rotatable bonds is 7. The average Bonchev–Trinajstić information content (AvgIpc) is 2.47. The summed E-state index contributed by atoms with van der Waals surface area (Å²) in [5.41, 5.74) is 0.793. The number of aromatic nitrogens is 1. The molecule has 1 aromatic heterocycles. The van der Waals surface area contributed by atoms with Crippen molar-refractivity contribution in [2.45, 2.75) is 38.0 Å². The minimum atomic E-state index is -0.785. The molecule has 2 rings (SSSR count). The maximum atomic E-state index is 11.8. The third kappa shape index (κ3) is 4.54. The van der Waals surface area contributed by atoms with E-state index in [1.807, 2.05) is 6.07 Å². The lowest BCUT2D eigenvalue weighted by Crippen LogP contribution is -2.39. The van der Waals surface area contributed by atoms with E-state index in [0.717, 1.165) is 12.0 Å². The molecule has 0 spiro atoms. The summed E-state index contributed by atoms with van der Waals surface area (Å²) < 4.78 is 0. The van der Waals surface area contributed by atoms with Crippen molar-refractivity contribution in [2.75, 3.05) is 11.9 Å². The fourth-order valence-corrected chi connectivity index (χ4v) is 2.35. The largest absolute Gasteiger partial charge is 0.481 e. The Morgan fingerprint density at radius 3 is 2.82 bits per heavy atom. The molecule has 0 aromatic carbocycles. The first kappa shape index (κ1) is 15.9. The molecule has 0 saturated carbocycles. The summed E-state index contributed by atoms with van der Waals surface area (Å²) in [6.45, 7) is 0.651. The first-order valence-electron chi connectivity index (χ1n) is 7.31. The molecule has 0 aliphatic carbocycles. The van der Waals surface area contributed by atoms with Crippen LogP contribution in [0.15, 0.2) is 18.3 Å². The Morgan fingerprint density at radius 1 is 1.36 bits per heavy atom. The summed E-state index contributed by atoms with van der Waals surface area (Å²) in [4.78, 5) is 37.5. The zero-order valence-electron chi connectivity index (χ0n) is 12.2. The summed E-state index contributed by atoms with van der Waals surface area (Å²) in [7, 11) is 0. The van der Waals surface area contributed by atoms with E-state index in [2.05, 4.69) is 15.6 Å². The van der Waals surface area contributed by atoms with E-state index in [4.69, 9.17) is 5.11 Å². The van der Waals surface area contributed by atoms with Gasteiger partial charge in [-0.1, -0.05) is 6.07 Å². The number of aliphatic carboxylic acids is 1. The van der Waals surface area contributed by atoms with Crippen LogP contribution in [0.4, 0.5) is 5.82 Å². The van der Waals surface area contributed by atoms with Gasteiger partial charge in [0.05, 0.1) is 5.92 Å². The second-order valence-corrected chi connectivity index (χ2v) is 5.26. The van der Waals surface area contributed by atoms with Crippen molar-refractivity contribution in [3.8, 4) is 0 Å². The Hall–Kier alpha value is -2.44. The summed E-state index contributed by atoms with van der Waals surface area (Å²) in [5, 5.41) is 14.0. The van der Waals surface area contributed by atoms with E-state index in [1.165, 1.54) is 0 Å². The fraction of sp³-hybridized carbons (Fsp3) is 0.467. The number of hydrogen-bond acceptors (Lipinski definition) is 5. The van der Waals surface area contributed by atoms with E-state index in [0.29, 0.717) is 31.6 Å². The Morgan fingerprint density at radius 2 is 2.18 bits per heavy atom. The lowest BCUT2D eigenvalue weighted by molar-refractivity contribution is -0.137. The van der Waals surface area contributed by atoms with Crippen molar-refractivity contribution in [1.82, 2.24) is 10.3 Å². The highest BCUT2D eigenvalue weighted by atomic mass is 16.4. The average molecular weight is 305 g/mol. The predicted octanol–water partition coefficient (Wildman–Crippen LogP) is 1.27. The van der Waals surface area contributed by atoms with Gasteiger partial charge in [-0.2, -0.15) is 0 Å². The quantitative estimate of drug-likeness (QED) is 0.517. The maximum absolute atomic E-state index is 11.8. The van der Waals surface area contributed by atoms with Crippen LogP contribution in [0.1, 0.15) is 43.6 Å². The second-order valence-electron chi connectivity index (χ2n) is 5.26. The van der Waals surface area contributed by atoms with Gasteiger partial charge in [0.2, 0.25) is 11.8 Å². The van der Waals surface area contributed by atoms with Crippen LogP contribution in [0.3, 0.4) is 0 Å². The van der Waals surface area contributed by atoms with E-state index in [1.54, 1.807) is 12.3 Å². The molecular formula is C15H19N3O4. The third-order valence-electron chi connectivity index (χ3n) is 3.55. The number of pyridine rings is 1. The number of piperidine rings is 1. The second kappa shape index (κ2) is 7.53. The van der Waals surface area contributed by atoms with Crippen LogP contribution in [0, 0.1) is 0 Å². The Labute approximate surface area is 128 Å². The molecule has 7 heteroatoms. The summed E-state index contributed by atoms with van der Waals surface area (Å²) >= 11 is 0. The van der Waals surface area contributed by atoms with E-state index < -0.39 is 5.97 Å². The Bertz CT molecular complexity index is 556. The normalized spacial score (nSPS) is 17.9. The van der Waals surface area contributed by atoms with Crippen LogP contribution in [0.2, 0.25) is 0 Å². The van der Waals surface area contributed by atoms with Crippen LogP contribution in [0.25, 0.3) is 0 Å². The summed E-state index contributed by atoms with van der Waals surface area (Å²) in [6.07, 6.45) is 4.04. The van der Waals surface area contributed by atoms with Crippen molar-refractivity contribution in [1.29, 1.82) is 0 Å². The van der Waals surface area contributed by atoms with Crippen LogP contribution in [0.5, 0.6) is 0 Å². The number of carboxylic acids is 1. The van der Waals surface area contributed by atoms with Gasteiger partial charge in [-0.05, 0) is 30.9 Å². The van der Waals surface area contributed by atoms with Gasteiger partial charge in [0.1, 0.15) is 5.82 Å². The van der Waals surface area contributed by atoms with Crippen LogP contribution >= 0.6 is 0 Å². The highest BCUT2D eigenvalue weighted by molar-refractivity contribution is 6.00. The lowest BCUT2D eigenvalue weighted by atomic mass is 9.92. The zero-order chi connectivity index (χ0) is 15.9. The number of imide groups is 1. The van der Waals surface area contributed by atoms with Crippen LogP contribution in [-0.4, -0.2) is 34.4 Å². The fourth-order valence-electron chi connectivity index (χ4n) is 2.35. The summed E-state index contributed by atoms with van der Waals surface area (Å²) in [6, 6.07) is 3.61. The molecular weight excluding hydrogens is 286 g/mol. The molecule has 1 unspecified atom stereocenters. The van der Waals surface area contributed by atoms with Crippen molar-refractivity contribution >= 4 is 23.6 Å². The lowest BCUT2D eigenvalue weighted by Gasteiger charge is -2.20. The molecule has 0 radical (unpaired) electrons. The SMILES string of the molecule is O=C(O)CCCCNc1ccc(C2CCC(=O)NC2=O)cn1. The summed E-state index contributed by atoms with van der Waals surface area (Å²) in [5.74, 6) is -0.922. The molecule has 118 valence electrons. The molecule has 1 aromatic rings. The molecule has 1 fully saturated rings. The number of carboxylic acid groups (broad SMARTS) is 1. The van der Waals surface area contributed by atoms with Gasteiger partial charge in [-0.25, -0.2) is 4.98 Å². The highest BCUT2D eigenvalue weighted by Gasteiger charge is 2.27. The molecule has 7 nitrogen and oxygen atoms in total. The number of nitrogens with one attached hydrogen (secondary N) is 2. The number of carbonyl (C=O) groups excluding carboxylic acids is 2. The smallest absolute Gasteiger partial charge is 0.303 e. The van der Waals surface area contributed by atoms with Crippen molar-refractivity contribution in [3.05, 3.63) is 23.9 Å². The number of amides is 2. The van der Waals surface area contributed by atoms with E-state index in [-0.39, 0.29) is 24.2 Å². The zero-order valence-corrected chi connectivity index (χ0v) is 12.2. The van der Waals surface area contributed by atoms with Crippen LogP contribution < -0.4 is 10.6 Å². The first-order valence-corrected chi connectivity index (χ1v) is 7.31. The molecule has 1 saturated heterocycles. The Balaban J connectivity index is 1.81. The molecule has 0 bridgehead atoms. The van der Waals surface area contributed by atoms with E-state index >= 15 is 0 Å². The minimum Gasteiger partial charge on any atom is -0.481 e. The van der Waals surface area contributed by atoms with Gasteiger partial charge in [-0.15, -0.1) is 0 Å².